The van der Waals surface area contributed by atoms with Crippen molar-refractivity contribution in [1.29, 1.82) is 0 Å². The smallest absolute Gasteiger partial charge is 0.239 e. The number of nitrogens with zero attached hydrogens (tertiary/aromatic N) is 4. The van der Waals surface area contributed by atoms with Gasteiger partial charge in [0.15, 0.2) is 0 Å². The quantitative estimate of drug-likeness (QED) is 0.838. The Kier molecular flexibility index (Phi) is 4.78. The summed E-state index contributed by atoms with van der Waals surface area (Å²) in [5, 5.41) is 4.42. The van der Waals surface area contributed by atoms with Crippen molar-refractivity contribution in [3.05, 3.63) is 18.0 Å². The minimum absolute atomic E-state index is 0.0537. The Labute approximate surface area is 132 Å². The van der Waals surface area contributed by atoms with Crippen LogP contribution in [0.3, 0.4) is 0 Å². The van der Waals surface area contributed by atoms with E-state index in [2.05, 4.69) is 23.1 Å². The van der Waals surface area contributed by atoms with Gasteiger partial charge in [0.25, 0.3) is 0 Å². The van der Waals surface area contributed by atoms with Crippen LogP contribution < -0.4 is 0 Å². The molecule has 2 aliphatic rings. The predicted octanol–water partition coefficient (Wildman–Crippen LogP) is 1.08. The average molecular weight is 306 g/mol. The van der Waals surface area contributed by atoms with Gasteiger partial charge in [0.2, 0.25) is 5.91 Å². The van der Waals surface area contributed by atoms with Crippen LogP contribution in [0.25, 0.3) is 0 Å². The zero-order valence-corrected chi connectivity index (χ0v) is 13.6. The third-order valence-electron chi connectivity index (χ3n) is 4.76. The first-order valence-corrected chi connectivity index (χ1v) is 8.26. The van der Waals surface area contributed by atoms with Crippen molar-refractivity contribution >= 4 is 5.91 Å². The molecule has 0 bridgehead atoms. The number of likely N-dealkylation sites (tertiary alicyclic amines) is 1. The number of aromatic nitrogens is 2. The van der Waals surface area contributed by atoms with Crippen molar-refractivity contribution in [2.24, 2.45) is 0 Å². The number of hydrogen-bond acceptors (Lipinski definition) is 4. The van der Waals surface area contributed by atoms with Crippen LogP contribution in [0.15, 0.2) is 12.4 Å². The molecule has 3 rings (SSSR count). The van der Waals surface area contributed by atoms with Crippen molar-refractivity contribution in [3.8, 4) is 0 Å². The van der Waals surface area contributed by atoms with Gasteiger partial charge in [0.05, 0.1) is 31.5 Å². The summed E-state index contributed by atoms with van der Waals surface area (Å²) in [4.78, 5) is 17.0. The summed E-state index contributed by atoms with van der Waals surface area (Å²) >= 11 is 0. The largest absolute Gasteiger partial charge is 0.379 e. The Hall–Kier alpha value is -1.40. The van der Waals surface area contributed by atoms with Crippen LogP contribution in [0.5, 0.6) is 0 Å². The molecule has 3 heterocycles. The normalized spacial score (nSPS) is 25.2. The molecule has 122 valence electrons. The van der Waals surface area contributed by atoms with Crippen LogP contribution in [0, 0.1) is 6.92 Å². The van der Waals surface area contributed by atoms with Gasteiger partial charge in [0.1, 0.15) is 0 Å². The molecule has 6 heteroatoms. The first-order chi connectivity index (χ1) is 10.6. The molecule has 1 amide bonds. The number of piperidine rings is 1. The molecule has 0 spiro atoms. The van der Waals surface area contributed by atoms with Crippen LogP contribution >= 0.6 is 0 Å². The maximum Gasteiger partial charge on any atom is 0.239 e. The number of aryl methyl sites for hydroxylation is 1. The predicted molar refractivity (Wildman–Crippen MR) is 83.7 cm³/mol. The van der Waals surface area contributed by atoms with Crippen LogP contribution in [0.4, 0.5) is 0 Å². The molecular weight excluding hydrogens is 280 g/mol. The summed E-state index contributed by atoms with van der Waals surface area (Å²) in [6.07, 6.45) is 6.10. The van der Waals surface area contributed by atoms with Gasteiger partial charge in [0, 0.05) is 32.4 Å². The molecule has 6 nitrogen and oxygen atoms in total. The van der Waals surface area contributed by atoms with Crippen molar-refractivity contribution in [1.82, 2.24) is 19.6 Å². The second-order valence-corrected chi connectivity index (χ2v) is 6.40. The number of morpholine rings is 1. The van der Waals surface area contributed by atoms with Crippen LogP contribution in [0.2, 0.25) is 0 Å². The molecule has 1 aromatic rings. The van der Waals surface area contributed by atoms with E-state index in [4.69, 9.17) is 4.74 Å². The Balaban J connectivity index is 1.62. The summed E-state index contributed by atoms with van der Waals surface area (Å²) in [6.45, 7) is 8.87. The number of hydrogen-bond donors (Lipinski definition) is 0. The van der Waals surface area contributed by atoms with Crippen molar-refractivity contribution in [3.63, 3.8) is 0 Å². The molecule has 2 fully saturated rings. The van der Waals surface area contributed by atoms with E-state index in [1.807, 2.05) is 22.7 Å². The van der Waals surface area contributed by atoms with E-state index < -0.39 is 0 Å². The molecular formula is C16H26N4O2. The third-order valence-corrected chi connectivity index (χ3v) is 4.76. The number of amides is 1. The summed E-state index contributed by atoms with van der Waals surface area (Å²) in [5.74, 6) is 0.246. The first-order valence-electron chi connectivity index (χ1n) is 8.26. The SMILES string of the molecule is Cc1cnn([C@H]2CCCN(C(=O)[C@H](C)N3CCOCC3)C2)c1. The molecule has 0 radical (unpaired) electrons. The van der Waals surface area contributed by atoms with Gasteiger partial charge < -0.3 is 9.64 Å². The molecule has 0 aromatic carbocycles. The highest BCUT2D eigenvalue weighted by atomic mass is 16.5. The third kappa shape index (κ3) is 3.33. The fraction of sp³-hybridized carbons (Fsp3) is 0.750. The van der Waals surface area contributed by atoms with Gasteiger partial charge in [-0.05, 0) is 32.3 Å². The van der Waals surface area contributed by atoms with Gasteiger partial charge in [-0.3, -0.25) is 14.4 Å². The molecule has 0 unspecified atom stereocenters. The van der Waals surface area contributed by atoms with Gasteiger partial charge >= 0.3 is 0 Å². The molecule has 0 N–H and O–H groups in total. The summed E-state index contributed by atoms with van der Waals surface area (Å²) < 4.78 is 7.40. The summed E-state index contributed by atoms with van der Waals surface area (Å²) in [6, 6.07) is 0.255. The summed E-state index contributed by atoms with van der Waals surface area (Å²) in [5.41, 5.74) is 1.17. The van der Waals surface area contributed by atoms with E-state index >= 15 is 0 Å². The molecule has 22 heavy (non-hydrogen) atoms. The van der Waals surface area contributed by atoms with E-state index in [-0.39, 0.29) is 11.9 Å². The van der Waals surface area contributed by atoms with E-state index in [1.54, 1.807) is 0 Å². The molecule has 2 saturated heterocycles. The first kappa shape index (κ1) is 15.5. The lowest BCUT2D eigenvalue weighted by Gasteiger charge is -2.38. The Morgan fingerprint density at radius 3 is 2.82 bits per heavy atom. The lowest BCUT2D eigenvalue weighted by molar-refractivity contribution is -0.139. The lowest BCUT2D eigenvalue weighted by atomic mass is 10.0. The highest BCUT2D eigenvalue weighted by Crippen LogP contribution is 2.22. The molecule has 2 aliphatic heterocycles. The lowest BCUT2D eigenvalue weighted by Crippen LogP contribution is -2.53. The minimum atomic E-state index is -0.0537. The number of ether oxygens (including phenoxy) is 1. The molecule has 2 atom stereocenters. The van der Waals surface area contributed by atoms with Gasteiger partial charge in [-0.15, -0.1) is 0 Å². The van der Waals surface area contributed by atoms with Crippen molar-refractivity contribution < 1.29 is 9.53 Å². The average Bonchev–Trinajstić information content (AvgIpc) is 3.01. The second kappa shape index (κ2) is 6.79. The van der Waals surface area contributed by atoms with Crippen LogP contribution in [0.1, 0.15) is 31.4 Å². The highest BCUT2D eigenvalue weighted by Gasteiger charge is 2.31. The fourth-order valence-corrected chi connectivity index (χ4v) is 3.39. The number of rotatable bonds is 3. The Morgan fingerprint density at radius 2 is 2.14 bits per heavy atom. The Morgan fingerprint density at radius 1 is 1.36 bits per heavy atom. The standard InChI is InChI=1S/C16H26N4O2/c1-13-10-17-20(11-13)15-4-3-5-19(12-15)16(21)14(2)18-6-8-22-9-7-18/h10-11,14-15H,3-9,12H2,1-2H3/t14-,15-/m0/s1. The molecule has 1 aromatic heterocycles. The monoisotopic (exact) mass is 306 g/mol. The maximum absolute atomic E-state index is 12.8. The molecule has 0 aliphatic carbocycles. The van der Waals surface area contributed by atoms with Crippen molar-refractivity contribution in [2.45, 2.75) is 38.8 Å². The topological polar surface area (TPSA) is 50.6 Å². The molecule has 0 saturated carbocycles. The summed E-state index contributed by atoms with van der Waals surface area (Å²) in [7, 11) is 0. The van der Waals surface area contributed by atoms with Gasteiger partial charge in [-0.25, -0.2) is 0 Å². The van der Waals surface area contributed by atoms with E-state index in [0.717, 1.165) is 52.2 Å². The van der Waals surface area contributed by atoms with Crippen molar-refractivity contribution in [2.75, 3.05) is 39.4 Å². The maximum atomic E-state index is 12.8. The number of carbonyl (C=O) groups is 1. The number of carbonyl (C=O) groups excluding carboxylic acids is 1. The van der Waals surface area contributed by atoms with Gasteiger partial charge in [-0.1, -0.05) is 0 Å². The highest BCUT2D eigenvalue weighted by molar-refractivity contribution is 5.81. The van der Waals surface area contributed by atoms with Gasteiger partial charge in [-0.2, -0.15) is 5.10 Å². The van der Waals surface area contributed by atoms with Crippen LogP contribution in [-0.4, -0.2) is 70.9 Å². The minimum Gasteiger partial charge on any atom is -0.379 e. The van der Waals surface area contributed by atoms with E-state index in [0.29, 0.717) is 6.04 Å². The van der Waals surface area contributed by atoms with E-state index in [9.17, 15) is 4.79 Å². The zero-order valence-electron chi connectivity index (χ0n) is 13.6. The Bertz CT molecular complexity index is 510. The van der Waals surface area contributed by atoms with E-state index in [1.165, 1.54) is 5.56 Å². The van der Waals surface area contributed by atoms with Crippen LogP contribution in [-0.2, 0) is 9.53 Å². The second-order valence-electron chi connectivity index (χ2n) is 6.40. The zero-order chi connectivity index (χ0) is 15.5. The fourth-order valence-electron chi connectivity index (χ4n) is 3.39.